The predicted octanol–water partition coefficient (Wildman–Crippen LogP) is 1.30. The highest BCUT2D eigenvalue weighted by molar-refractivity contribution is 5.82. The summed E-state index contributed by atoms with van der Waals surface area (Å²) in [6, 6.07) is 6.50. The van der Waals surface area contributed by atoms with E-state index in [1.54, 1.807) is 17.9 Å². The first kappa shape index (κ1) is 18.5. The van der Waals surface area contributed by atoms with Crippen molar-refractivity contribution in [2.75, 3.05) is 18.0 Å². The number of hydrogen-bond donors (Lipinski definition) is 0. The first-order chi connectivity index (χ1) is 16.1. The van der Waals surface area contributed by atoms with Crippen LogP contribution in [0.4, 0.5) is 5.69 Å². The molecule has 3 atom stereocenters. The second-order valence-electron chi connectivity index (χ2n) is 9.02. The Hall–Kier alpha value is -4.02. The minimum atomic E-state index is -0.177. The van der Waals surface area contributed by atoms with Gasteiger partial charge in [0.05, 0.1) is 18.0 Å². The molecule has 11 heteroatoms. The van der Waals surface area contributed by atoms with Gasteiger partial charge in [0.25, 0.3) is 5.56 Å². The summed E-state index contributed by atoms with van der Waals surface area (Å²) >= 11 is 0. The summed E-state index contributed by atoms with van der Waals surface area (Å²) in [5.41, 5.74) is 3.08. The number of aromatic nitrogens is 8. The Kier molecular flexibility index (Phi) is 3.65. The standard InChI is InChI=1S/C22H21N9O2/c1-28-10-23-21-19(28)22(32)31(11-24-21)9-17-26-20(27-33-17)18-14-7-30(8-15(14)18)13-3-4-16-12(5-13)6-25-29(16)2/h3-6,10-11,14-15,18H,7-9H2,1-2H3/t14-,15+,18+. The maximum absolute atomic E-state index is 12.7. The number of piperidine rings is 1. The summed E-state index contributed by atoms with van der Waals surface area (Å²) in [4.78, 5) is 28.1. The van der Waals surface area contributed by atoms with E-state index in [0.29, 0.717) is 34.8 Å². The molecule has 0 N–H and O–H groups in total. The van der Waals surface area contributed by atoms with Crippen LogP contribution in [0, 0.1) is 11.8 Å². The van der Waals surface area contributed by atoms with Crippen LogP contribution >= 0.6 is 0 Å². The molecule has 166 valence electrons. The van der Waals surface area contributed by atoms with Crippen LogP contribution in [0.15, 0.2) is 46.4 Å². The molecule has 11 nitrogen and oxygen atoms in total. The van der Waals surface area contributed by atoms with Crippen LogP contribution in [0.2, 0.25) is 0 Å². The number of nitrogens with zero attached hydrogens (tertiary/aromatic N) is 9. The van der Waals surface area contributed by atoms with Crippen LogP contribution < -0.4 is 10.5 Å². The Bertz CT molecular complexity index is 1580. The molecular formula is C22H21N9O2. The summed E-state index contributed by atoms with van der Waals surface area (Å²) in [5, 5.41) is 9.72. The lowest BCUT2D eigenvalue weighted by Crippen LogP contribution is -2.23. The topological polar surface area (TPSA) is 113 Å². The number of imidazole rings is 1. The Labute approximate surface area is 187 Å². The van der Waals surface area contributed by atoms with Crippen LogP contribution in [-0.2, 0) is 20.6 Å². The zero-order chi connectivity index (χ0) is 22.3. The zero-order valence-electron chi connectivity index (χ0n) is 18.2. The second-order valence-corrected chi connectivity index (χ2v) is 9.02. The van der Waals surface area contributed by atoms with Crippen LogP contribution in [-0.4, -0.2) is 52.1 Å². The molecule has 1 aromatic carbocycles. The van der Waals surface area contributed by atoms with Gasteiger partial charge in [-0.05, 0) is 30.0 Å². The molecule has 5 heterocycles. The van der Waals surface area contributed by atoms with Crippen molar-refractivity contribution in [2.24, 2.45) is 25.9 Å². The predicted molar refractivity (Wildman–Crippen MR) is 119 cm³/mol. The van der Waals surface area contributed by atoms with E-state index >= 15 is 0 Å². The van der Waals surface area contributed by atoms with E-state index in [0.717, 1.165) is 29.8 Å². The van der Waals surface area contributed by atoms with Gasteiger partial charge in [0.15, 0.2) is 17.0 Å². The van der Waals surface area contributed by atoms with Crippen molar-refractivity contribution in [1.82, 2.24) is 39.0 Å². The number of aryl methyl sites for hydroxylation is 2. The van der Waals surface area contributed by atoms with Crippen molar-refractivity contribution in [2.45, 2.75) is 12.5 Å². The summed E-state index contributed by atoms with van der Waals surface area (Å²) in [6.45, 7) is 2.15. The van der Waals surface area contributed by atoms with Crippen molar-refractivity contribution in [1.29, 1.82) is 0 Å². The maximum atomic E-state index is 12.7. The molecule has 7 rings (SSSR count). The summed E-state index contributed by atoms with van der Waals surface area (Å²) in [7, 11) is 3.73. The zero-order valence-corrected chi connectivity index (χ0v) is 18.2. The van der Waals surface area contributed by atoms with Crippen molar-refractivity contribution in [3.8, 4) is 0 Å². The van der Waals surface area contributed by atoms with Gasteiger partial charge < -0.3 is 14.0 Å². The fourth-order valence-corrected chi connectivity index (χ4v) is 5.27. The molecule has 2 aliphatic rings. The molecule has 2 fully saturated rings. The number of anilines is 1. The highest BCUT2D eigenvalue weighted by Gasteiger charge is 2.58. The SMILES string of the molecule is Cn1cnc2ncn(Cc3nc([C@H]4[C@@H]5CN(c6ccc7c(cnn7C)c6)C[C@@H]54)no3)c(=O)c21. The molecule has 1 aliphatic carbocycles. The van der Waals surface area contributed by atoms with Crippen LogP contribution in [0.3, 0.4) is 0 Å². The molecule has 1 saturated heterocycles. The lowest BCUT2D eigenvalue weighted by Gasteiger charge is -2.21. The van der Waals surface area contributed by atoms with Crippen LogP contribution in [0.1, 0.15) is 17.6 Å². The van der Waals surface area contributed by atoms with E-state index in [-0.39, 0.29) is 12.1 Å². The first-order valence-electron chi connectivity index (χ1n) is 10.9. The minimum absolute atomic E-state index is 0.177. The average molecular weight is 443 g/mol. The summed E-state index contributed by atoms with van der Waals surface area (Å²) in [5.74, 6) is 2.52. The lowest BCUT2D eigenvalue weighted by molar-refractivity contribution is 0.363. The van der Waals surface area contributed by atoms with E-state index in [1.807, 2.05) is 17.9 Å². The lowest BCUT2D eigenvalue weighted by atomic mass is 10.2. The largest absolute Gasteiger partial charge is 0.371 e. The summed E-state index contributed by atoms with van der Waals surface area (Å²) in [6.07, 6.45) is 4.97. The van der Waals surface area contributed by atoms with E-state index in [4.69, 9.17) is 4.52 Å². The van der Waals surface area contributed by atoms with Gasteiger partial charge in [0.1, 0.15) is 12.9 Å². The van der Waals surface area contributed by atoms with Gasteiger partial charge in [-0.25, -0.2) is 9.97 Å². The second kappa shape index (κ2) is 6.50. The third-order valence-corrected chi connectivity index (χ3v) is 7.08. The van der Waals surface area contributed by atoms with Crippen molar-refractivity contribution >= 4 is 27.8 Å². The van der Waals surface area contributed by atoms with E-state index in [9.17, 15) is 4.79 Å². The molecule has 33 heavy (non-hydrogen) atoms. The molecule has 0 bridgehead atoms. The van der Waals surface area contributed by atoms with Crippen molar-refractivity contribution in [3.63, 3.8) is 0 Å². The van der Waals surface area contributed by atoms with E-state index in [2.05, 4.69) is 48.3 Å². The van der Waals surface area contributed by atoms with E-state index < -0.39 is 0 Å². The van der Waals surface area contributed by atoms with Crippen LogP contribution in [0.5, 0.6) is 0 Å². The van der Waals surface area contributed by atoms with Crippen LogP contribution in [0.25, 0.3) is 22.1 Å². The number of fused-ring (bicyclic) bond motifs is 3. The monoisotopic (exact) mass is 443 g/mol. The number of hydrogen-bond acceptors (Lipinski definition) is 8. The Morgan fingerprint density at radius 3 is 2.79 bits per heavy atom. The smallest absolute Gasteiger partial charge is 0.280 e. The van der Waals surface area contributed by atoms with Gasteiger partial charge in [0, 0.05) is 44.2 Å². The van der Waals surface area contributed by atoms with Crippen molar-refractivity contribution in [3.05, 3.63) is 59.1 Å². The number of benzene rings is 1. The molecular weight excluding hydrogens is 422 g/mol. The molecule has 0 amide bonds. The normalized spacial score (nSPS) is 21.9. The van der Waals surface area contributed by atoms with Gasteiger partial charge >= 0.3 is 0 Å². The average Bonchev–Trinajstić information content (AvgIpc) is 3.35. The molecule has 0 spiro atoms. The quantitative estimate of drug-likeness (QED) is 0.409. The highest BCUT2D eigenvalue weighted by Crippen LogP contribution is 2.58. The highest BCUT2D eigenvalue weighted by atomic mass is 16.5. The molecule has 5 aromatic rings. The first-order valence-corrected chi connectivity index (χ1v) is 10.9. The summed E-state index contributed by atoms with van der Waals surface area (Å²) < 4.78 is 10.5. The minimum Gasteiger partial charge on any atom is -0.371 e. The Balaban J connectivity index is 1.06. The molecule has 1 saturated carbocycles. The van der Waals surface area contributed by atoms with E-state index in [1.165, 1.54) is 16.6 Å². The van der Waals surface area contributed by atoms with Gasteiger partial charge in [-0.2, -0.15) is 10.1 Å². The van der Waals surface area contributed by atoms with Gasteiger partial charge in [0.2, 0.25) is 5.89 Å². The van der Waals surface area contributed by atoms with Gasteiger partial charge in [-0.1, -0.05) is 5.16 Å². The number of rotatable bonds is 4. The molecule has 0 radical (unpaired) electrons. The molecule has 4 aromatic heterocycles. The molecule has 0 unspecified atom stereocenters. The Morgan fingerprint density at radius 2 is 1.94 bits per heavy atom. The third kappa shape index (κ3) is 2.74. The maximum Gasteiger partial charge on any atom is 0.280 e. The third-order valence-electron chi connectivity index (χ3n) is 7.08. The van der Waals surface area contributed by atoms with Crippen molar-refractivity contribution < 1.29 is 4.52 Å². The fourth-order valence-electron chi connectivity index (χ4n) is 5.27. The molecule has 1 aliphatic heterocycles. The van der Waals surface area contributed by atoms with Gasteiger partial charge in [-0.15, -0.1) is 0 Å². The van der Waals surface area contributed by atoms with Gasteiger partial charge in [-0.3, -0.25) is 14.0 Å². The Morgan fingerprint density at radius 1 is 1.12 bits per heavy atom. The fraction of sp³-hybridized carbons (Fsp3) is 0.364.